The summed E-state index contributed by atoms with van der Waals surface area (Å²) < 4.78 is 31.2. The Morgan fingerprint density at radius 2 is 2.33 bits per heavy atom. The number of ether oxygens (including phenoxy) is 1. The smallest absolute Gasteiger partial charge is 0.242 e. The minimum atomic E-state index is -3.69. The van der Waals surface area contributed by atoms with Crippen molar-refractivity contribution in [2.24, 2.45) is 0 Å². The van der Waals surface area contributed by atoms with Crippen LogP contribution in [0.4, 0.5) is 5.82 Å². The zero-order valence-electron chi connectivity index (χ0n) is 9.67. The molecule has 0 saturated carbocycles. The van der Waals surface area contributed by atoms with Gasteiger partial charge in [-0.25, -0.2) is 18.1 Å². The second-order valence-corrected chi connectivity index (χ2v) is 6.04. The molecule has 18 heavy (non-hydrogen) atoms. The highest BCUT2D eigenvalue weighted by Gasteiger charge is 2.33. The number of aliphatic hydroxyl groups is 1. The maximum absolute atomic E-state index is 11.9. The van der Waals surface area contributed by atoms with Gasteiger partial charge >= 0.3 is 0 Å². The predicted octanol–water partition coefficient (Wildman–Crippen LogP) is -0.907. The highest BCUT2D eigenvalue weighted by Crippen LogP contribution is 2.18. The predicted molar refractivity (Wildman–Crippen MR) is 64.2 cm³/mol. The van der Waals surface area contributed by atoms with Crippen LogP contribution in [0.2, 0.25) is 0 Å². The lowest BCUT2D eigenvalue weighted by atomic mass is 10.1. The normalized spacial score (nSPS) is 24.3. The number of hydrogen-bond donors (Lipinski definition) is 3. The van der Waals surface area contributed by atoms with E-state index in [2.05, 4.69) is 9.71 Å². The number of sulfonamides is 1. The average Bonchev–Trinajstić information content (AvgIpc) is 2.75. The van der Waals surface area contributed by atoms with Gasteiger partial charge in [-0.2, -0.15) is 0 Å². The summed E-state index contributed by atoms with van der Waals surface area (Å²) in [5.74, 6) is 0.247. The molecule has 1 fully saturated rings. The SMILES string of the molecule is Nc1ccc(S(=O)(=O)NCC2(O)CCOC2)cn1. The van der Waals surface area contributed by atoms with Crippen LogP contribution in [-0.4, -0.2) is 43.9 Å². The third kappa shape index (κ3) is 2.96. The lowest BCUT2D eigenvalue weighted by Crippen LogP contribution is -2.43. The van der Waals surface area contributed by atoms with E-state index in [1.165, 1.54) is 18.3 Å². The molecular formula is C10H15N3O4S. The van der Waals surface area contributed by atoms with E-state index in [4.69, 9.17) is 10.5 Å². The number of rotatable bonds is 4. The average molecular weight is 273 g/mol. The van der Waals surface area contributed by atoms with Crippen LogP contribution in [0.3, 0.4) is 0 Å². The van der Waals surface area contributed by atoms with Crippen molar-refractivity contribution in [2.75, 3.05) is 25.5 Å². The van der Waals surface area contributed by atoms with Crippen LogP contribution in [0.1, 0.15) is 6.42 Å². The fourth-order valence-corrected chi connectivity index (χ4v) is 2.66. The van der Waals surface area contributed by atoms with Gasteiger partial charge in [-0.3, -0.25) is 0 Å². The van der Waals surface area contributed by atoms with Gasteiger partial charge in [0.05, 0.1) is 6.61 Å². The summed E-state index contributed by atoms with van der Waals surface area (Å²) in [7, 11) is -3.69. The number of nitrogens with one attached hydrogen (secondary N) is 1. The van der Waals surface area contributed by atoms with Crippen LogP contribution in [0.5, 0.6) is 0 Å². The molecule has 1 atom stereocenters. The van der Waals surface area contributed by atoms with Crippen LogP contribution in [0.15, 0.2) is 23.2 Å². The minimum absolute atomic E-state index is 0.0132. The first kappa shape index (κ1) is 13.2. The molecule has 7 nitrogen and oxygen atoms in total. The zero-order chi connectivity index (χ0) is 13.2. The molecule has 100 valence electrons. The monoisotopic (exact) mass is 273 g/mol. The molecular weight excluding hydrogens is 258 g/mol. The molecule has 0 aliphatic carbocycles. The van der Waals surface area contributed by atoms with Crippen LogP contribution >= 0.6 is 0 Å². The van der Waals surface area contributed by atoms with Gasteiger partial charge in [-0.1, -0.05) is 0 Å². The van der Waals surface area contributed by atoms with Crippen molar-refractivity contribution in [3.63, 3.8) is 0 Å². The quantitative estimate of drug-likeness (QED) is 0.654. The molecule has 1 unspecified atom stereocenters. The summed E-state index contributed by atoms with van der Waals surface area (Å²) in [5.41, 5.74) is 4.25. The zero-order valence-corrected chi connectivity index (χ0v) is 10.5. The Morgan fingerprint density at radius 1 is 1.56 bits per heavy atom. The number of anilines is 1. The number of nitrogen functional groups attached to an aromatic ring is 1. The van der Waals surface area contributed by atoms with Gasteiger partial charge in [0.1, 0.15) is 16.3 Å². The van der Waals surface area contributed by atoms with Gasteiger partial charge in [0.25, 0.3) is 0 Å². The summed E-state index contributed by atoms with van der Waals surface area (Å²) in [4.78, 5) is 3.73. The molecule has 0 amide bonds. The minimum Gasteiger partial charge on any atom is -0.386 e. The maximum Gasteiger partial charge on any atom is 0.242 e. The highest BCUT2D eigenvalue weighted by molar-refractivity contribution is 7.89. The van der Waals surface area contributed by atoms with E-state index in [1.807, 2.05) is 0 Å². The first-order valence-corrected chi connectivity index (χ1v) is 6.91. The van der Waals surface area contributed by atoms with Gasteiger partial charge in [-0.15, -0.1) is 0 Å². The standard InChI is InChI=1S/C10H15N3O4S/c11-9-2-1-8(5-12-9)18(15,16)13-6-10(14)3-4-17-7-10/h1-2,5,13-14H,3-4,6-7H2,(H2,11,12). The van der Waals surface area contributed by atoms with Crippen molar-refractivity contribution >= 4 is 15.8 Å². The van der Waals surface area contributed by atoms with E-state index in [-0.39, 0.29) is 23.9 Å². The molecule has 0 aromatic carbocycles. The molecule has 1 saturated heterocycles. The Morgan fingerprint density at radius 3 is 2.89 bits per heavy atom. The van der Waals surface area contributed by atoms with Crippen LogP contribution in [-0.2, 0) is 14.8 Å². The Kier molecular flexibility index (Phi) is 3.53. The molecule has 2 heterocycles. The van der Waals surface area contributed by atoms with Crippen molar-refractivity contribution in [1.82, 2.24) is 9.71 Å². The van der Waals surface area contributed by atoms with Gasteiger partial charge in [0, 0.05) is 25.8 Å². The lowest BCUT2D eigenvalue weighted by Gasteiger charge is -2.20. The van der Waals surface area contributed by atoms with Gasteiger partial charge < -0.3 is 15.6 Å². The van der Waals surface area contributed by atoms with E-state index in [9.17, 15) is 13.5 Å². The fourth-order valence-electron chi connectivity index (χ4n) is 1.60. The van der Waals surface area contributed by atoms with Crippen molar-refractivity contribution in [2.45, 2.75) is 16.9 Å². The fraction of sp³-hybridized carbons (Fsp3) is 0.500. The molecule has 0 radical (unpaired) electrons. The van der Waals surface area contributed by atoms with Gasteiger partial charge in [0.15, 0.2) is 0 Å². The van der Waals surface area contributed by atoms with Crippen molar-refractivity contribution in [3.05, 3.63) is 18.3 Å². The summed E-state index contributed by atoms with van der Waals surface area (Å²) in [6, 6.07) is 2.77. The largest absolute Gasteiger partial charge is 0.386 e. The van der Waals surface area contributed by atoms with E-state index in [1.54, 1.807) is 0 Å². The number of pyridine rings is 1. The summed E-state index contributed by atoms with van der Waals surface area (Å²) >= 11 is 0. The Balaban J connectivity index is 2.05. The molecule has 1 aromatic rings. The number of hydrogen-bond acceptors (Lipinski definition) is 6. The molecule has 1 aliphatic heterocycles. The maximum atomic E-state index is 11.9. The molecule has 2 rings (SSSR count). The lowest BCUT2D eigenvalue weighted by molar-refractivity contribution is 0.0314. The van der Waals surface area contributed by atoms with Gasteiger partial charge in [-0.05, 0) is 12.1 Å². The van der Waals surface area contributed by atoms with Crippen molar-refractivity contribution < 1.29 is 18.3 Å². The van der Waals surface area contributed by atoms with E-state index in [0.717, 1.165) is 0 Å². The number of aromatic nitrogens is 1. The Labute approximate surface area is 105 Å². The van der Waals surface area contributed by atoms with E-state index in [0.29, 0.717) is 13.0 Å². The topological polar surface area (TPSA) is 115 Å². The molecule has 8 heteroatoms. The summed E-state index contributed by atoms with van der Waals surface area (Å²) in [5, 5.41) is 9.96. The second kappa shape index (κ2) is 4.81. The Hall–Kier alpha value is -1.22. The molecule has 1 aromatic heterocycles. The van der Waals surface area contributed by atoms with E-state index < -0.39 is 15.6 Å². The van der Waals surface area contributed by atoms with E-state index >= 15 is 0 Å². The molecule has 1 aliphatic rings. The van der Waals surface area contributed by atoms with Gasteiger partial charge in [0.2, 0.25) is 10.0 Å². The molecule has 4 N–H and O–H groups in total. The number of nitrogens with zero attached hydrogens (tertiary/aromatic N) is 1. The first-order valence-electron chi connectivity index (χ1n) is 5.43. The third-order valence-electron chi connectivity index (χ3n) is 2.74. The van der Waals surface area contributed by atoms with Crippen LogP contribution in [0, 0.1) is 0 Å². The molecule has 0 spiro atoms. The Bertz CT molecular complexity index is 508. The molecule has 0 bridgehead atoms. The first-order chi connectivity index (χ1) is 8.41. The summed E-state index contributed by atoms with van der Waals surface area (Å²) in [6.07, 6.45) is 1.59. The van der Waals surface area contributed by atoms with Crippen molar-refractivity contribution in [1.29, 1.82) is 0 Å². The highest BCUT2D eigenvalue weighted by atomic mass is 32.2. The summed E-state index contributed by atoms with van der Waals surface area (Å²) in [6.45, 7) is 0.483. The third-order valence-corrected chi connectivity index (χ3v) is 4.13. The van der Waals surface area contributed by atoms with Crippen LogP contribution < -0.4 is 10.5 Å². The number of nitrogens with two attached hydrogens (primary N) is 1. The van der Waals surface area contributed by atoms with Crippen molar-refractivity contribution in [3.8, 4) is 0 Å². The van der Waals surface area contributed by atoms with Crippen LogP contribution in [0.25, 0.3) is 0 Å². The second-order valence-electron chi connectivity index (χ2n) is 4.27.